The van der Waals surface area contributed by atoms with Crippen LogP contribution in [0, 0.1) is 17.1 Å². The summed E-state index contributed by atoms with van der Waals surface area (Å²) in [6.07, 6.45) is 1.74. The van der Waals surface area contributed by atoms with Crippen LogP contribution in [-0.4, -0.2) is 0 Å². The van der Waals surface area contributed by atoms with Gasteiger partial charge in [-0.25, -0.2) is 4.39 Å². The average molecular weight is 203 g/mol. The SMILES string of the molecule is CC(C)c1ccc(F)cc1C1(C#N)CC1. The Morgan fingerprint density at radius 2 is 2.07 bits per heavy atom. The lowest BCUT2D eigenvalue weighted by Crippen LogP contribution is -2.08. The first kappa shape index (κ1) is 10.2. The second kappa shape index (κ2) is 3.34. The molecule has 0 spiro atoms. The molecule has 1 nitrogen and oxygen atoms in total. The van der Waals surface area contributed by atoms with E-state index in [-0.39, 0.29) is 11.2 Å². The summed E-state index contributed by atoms with van der Waals surface area (Å²) in [7, 11) is 0. The zero-order chi connectivity index (χ0) is 11.1. The molecule has 0 heterocycles. The van der Waals surface area contributed by atoms with E-state index in [1.165, 1.54) is 12.1 Å². The summed E-state index contributed by atoms with van der Waals surface area (Å²) in [4.78, 5) is 0. The Hall–Kier alpha value is -1.36. The number of nitrogens with zero attached hydrogens (tertiary/aromatic N) is 1. The molecule has 0 atom stereocenters. The fourth-order valence-electron chi connectivity index (χ4n) is 2.01. The van der Waals surface area contributed by atoms with Crippen LogP contribution >= 0.6 is 0 Å². The van der Waals surface area contributed by atoms with Crippen LogP contribution in [0.3, 0.4) is 0 Å². The van der Waals surface area contributed by atoms with Gasteiger partial charge in [-0.15, -0.1) is 0 Å². The van der Waals surface area contributed by atoms with Crippen LogP contribution in [0.1, 0.15) is 43.7 Å². The summed E-state index contributed by atoms with van der Waals surface area (Å²) < 4.78 is 13.2. The van der Waals surface area contributed by atoms with Crippen molar-refractivity contribution in [2.45, 2.75) is 38.0 Å². The van der Waals surface area contributed by atoms with Gasteiger partial charge in [0, 0.05) is 0 Å². The Balaban J connectivity index is 2.54. The second-order valence-corrected chi connectivity index (χ2v) is 4.58. The summed E-state index contributed by atoms with van der Waals surface area (Å²) >= 11 is 0. The standard InChI is InChI=1S/C13H14FN/c1-9(2)11-4-3-10(14)7-12(11)13(8-15)5-6-13/h3-4,7,9H,5-6H2,1-2H3. The molecule has 0 unspecified atom stereocenters. The van der Waals surface area contributed by atoms with Gasteiger partial charge in [0.25, 0.3) is 0 Å². The normalized spacial score (nSPS) is 17.5. The third-order valence-electron chi connectivity index (χ3n) is 3.12. The minimum absolute atomic E-state index is 0.240. The van der Waals surface area contributed by atoms with Crippen LogP contribution in [0.4, 0.5) is 4.39 Å². The van der Waals surface area contributed by atoms with Crippen LogP contribution in [0.2, 0.25) is 0 Å². The minimum atomic E-state index is -0.387. The van der Waals surface area contributed by atoms with Crippen LogP contribution in [0.15, 0.2) is 18.2 Å². The van der Waals surface area contributed by atoms with E-state index >= 15 is 0 Å². The molecule has 0 amide bonds. The number of hydrogen-bond donors (Lipinski definition) is 0. The highest BCUT2D eigenvalue weighted by atomic mass is 19.1. The molecule has 78 valence electrons. The van der Waals surface area contributed by atoms with Crippen molar-refractivity contribution >= 4 is 0 Å². The van der Waals surface area contributed by atoms with E-state index in [1.807, 2.05) is 6.07 Å². The van der Waals surface area contributed by atoms with E-state index in [4.69, 9.17) is 5.26 Å². The van der Waals surface area contributed by atoms with Crippen LogP contribution < -0.4 is 0 Å². The van der Waals surface area contributed by atoms with Crippen molar-refractivity contribution in [1.82, 2.24) is 0 Å². The van der Waals surface area contributed by atoms with Gasteiger partial charge < -0.3 is 0 Å². The van der Waals surface area contributed by atoms with Crippen molar-refractivity contribution in [2.24, 2.45) is 0 Å². The molecule has 0 radical (unpaired) electrons. The first-order chi connectivity index (χ1) is 7.09. The molecule has 2 heteroatoms. The van der Waals surface area contributed by atoms with Gasteiger partial charge in [0.15, 0.2) is 0 Å². The van der Waals surface area contributed by atoms with E-state index in [0.717, 1.165) is 24.0 Å². The Morgan fingerprint density at radius 3 is 2.53 bits per heavy atom. The minimum Gasteiger partial charge on any atom is -0.207 e. The number of nitriles is 1. The maximum atomic E-state index is 13.2. The second-order valence-electron chi connectivity index (χ2n) is 4.58. The molecule has 1 aliphatic rings. The monoisotopic (exact) mass is 203 g/mol. The van der Waals surface area contributed by atoms with Crippen molar-refractivity contribution in [1.29, 1.82) is 5.26 Å². The first-order valence-corrected chi connectivity index (χ1v) is 5.30. The maximum absolute atomic E-state index is 13.2. The lowest BCUT2D eigenvalue weighted by atomic mass is 9.87. The Labute approximate surface area is 89.5 Å². The van der Waals surface area contributed by atoms with Gasteiger partial charge in [-0.1, -0.05) is 19.9 Å². The van der Waals surface area contributed by atoms with Crippen LogP contribution in [-0.2, 0) is 5.41 Å². The van der Waals surface area contributed by atoms with E-state index in [9.17, 15) is 4.39 Å². The van der Waals surface area contributed by atoms with Crippen molar-refractivity contribution in [3.63, 3.8) is 0 Å². The molecule has 0 aliphatic heterocycles. The summed E-state index contributed by atoms with van der Waals surface area (Å²) in [5, 5.41) is 9.13. The predicted molar refractivity (Wildman–Crippen MR) is 57.0 cm³/mol. The molecule has 0 N–H and O–H groups in total. The third kappa shape index (κ3) is 1.63. The molecular weight excluding hydrogens is 189 g/mol. The van der Waals surface area contributed by atoms with Gasteiger partial charge in [0.2, 0.25) is 0 Å². The highest BCUT2D eigenvalue weighted by Crippen LogP contribution is 2.49. The van der Waals surface area contributed by atoms with Crippen molar-refractivity contribution in [3.05, 3.63) is 35.1 Å². The maximum Gasteiger partial charge on any atom is 0.123 e. The molecule has 15 heavy (non-hydrogen) atoms. The van der Waals surface area contributed by atoms with Crippen LogP contribution in [0.5, 0.6) is 0 Å². The van der Waals surface area contributed by atoms with E-state index in [0.29, 0.717) is 5.92 Å². The van der Waals surface area contributed by atoms with E-state index in [1.54, 1.807) is 0 Å². The molecule has 1 fully saturated rings. The van der Waals surface area contributed by atoms with Crippen molar-refractivity contribution in [3.8, 4) is 6.07 Å². The topological polar surface area (TPSA) is 23.8 Å². The van der Waals surface area contributed by atoms with Gasteiger partial charge in [-0.05, 0) is 42.0 Å². The zero-order valence-electron chi connectivity index (χ0n) is 9.05. The quantitative estimate of drug-likeness (QED) is 0.721. The van der Waals surface area contributed by atoms with Gasteiger partial charge >= 0.3 is 0 Å². The van der Waals surface area contributed by atoms with Gasteiger partial charge in [-0.3, -0.25) is 0 Å². The lowest BCUT2D eigenvalue weighted by Gasteiger charge is -2.16. The van der Waals surface area contributed by atoms with Crippen molar-refractivity contribution < 1.29 is 4.39 Å². The summed E-state index contributed by atoms with van der Waals surface area (Å²) in [5.41, 5.74) is 1.62. The molecule has 0 saturated heterocycles. The number of halogens is 1. The largest absolute Gasteiger partial charge is 0.207 e. The average Bonchev–Trinajstić information content (AvgIpc) is 2.97. The van der Waals surface area contributed by atoms with Gasteiger partial charge in [0.05, 0.1) is 11.5 Å². The molecular formula is C13H14FN. The first-order valence-electron chi connectivity index (χ1n) is 5.30. The van der Waals surface area contributed by atoms with Crippen molar-refractivity contribution in [2.75, 3.05) is 0 Å². The lowest BCUT2D eigenvalue weighted by molar-refractivity contribution is 0.620. The highest BCUT2D eigenvalue weighted by Gasteiger charge is 2.46. The Morgan fingerprint density at radius 1 is 1.40 bits per heavy atom. The number of benzene rings is 1. The molecule has 1 saturated carbocycles. The summed E-state index contributed by atoms with van der Waals surface area (Å²) in [6.45, 7) is 4.15. The zero-order valence-corrected chi connectivity index (χ0v) is 9.05. The van der Waals surface area contributed by atoms with E-state index in [2.05, 4.69) is 19.9 Å². The van der Waals surface area contributed by atoms with E-state index < -0.39 is 0 Å². The van der Waals surface area contributed by atoms with Gasteiger partial charge in [-0.2, -0.15) is 5.26 Å². The molecule has 0 aromatic heterocycles. The number of hydrogen-bond acceptors (Lipinski definition) is 1. The van der Waals surface area contributed by atoms with Crippen LogP contribution in [0.25, 0.3) is 0 Å². The Bertz CT molecular complexity index is 425. The predicted octanol–water partition coefficient (Wildman–Crippen LogP) is 3.50. The van der Waals surface area contributed by atoms with Gasteiger partial charge in [0.1, 0.15) is 5.82 Å². The molecule has 2 rings (SSSR count). The number of rotatable bonds is 2. The fourth-order valence-corrected chi connectivity index (χ4v) is 2.01. The molecule has 1 aliphatic carbocycles. The molecule has 1 aromatic rings. The summed E-state index contributed by atoms with van der Waals surface area (Å²) in [5.74, 6) is 0.0994. The summed E-state index contributed by atoms with van der Waals surface area (Å²) in [6, 6.07) is 7.15. The highest BCUT2D eigenvalue weighted by molar-refractivity contribution is 5.45. The fraction of sp³-hybridized carbons (Fsp3) is 0.462. The third-order valence-corrected chi connectivity index (χ3v) is 3.12. The molecule has 1 aromatic carbocycles. The molecule has 0 bridgehead atoms. The Kier molecular flexibility index (Phi) is 2.26. The smallest absolute Gasteiger partial charge is 0.123 e.